The van der Waals surface area contributed by atoms with E-state index in [2.05, 4.69) is 22.8 Å². The molecule has 0 aliphatic rings. The molecule has 0 amide bonds. The van der Waals surface area contributed by atoms with Crippen molar-refractivity contribution in [3.05, 3.63) is 82.2 Å². The molecule has 0 bridgehead atoms. The highest BCUT2D eigenvalue weighted by molar-refractivity contribution is 7.09. The van der Waals surface area contributed by atoms with Crippen molar-refractivity contribution in [1.29, 1.82) is 0 Å². The van der Waals surface area contributed by atoms with E-state index < -0.39 is 0 Å². The molecule has 0 saturated carbocycles. The second kappa shape index (κ2) is 7.38. The highest BCUT2D eigenvalue weighted by Gasteiger charge is 2.17. The van der Waals surface area contributed by atoms with Crippen LogP contribution in [-0.4, -0.2) is 6.54 Å². The van der Waals surface area contributed by atoms with E-state index in [4.69, 9.17) is 4.42 Å². The lowest BCUT2D eigenvalue weighted by atomic mass is 9.93. The van der Waals surface area contributed by atoms with Gasteiger partial charge >= 0.3 is 0 Å². The molecule has 0 radical (unpaired) electrons. The highest BCUT2D eigenvalue weighted by atomic mass is 32.1. The summed E-state index contributed by atoms with van der Waals surface area (Å²) in [4.78, 5) is 1.39. The van der Waals surface area contributed by atoms with Crippen LogP contribution in [0.4, 0.5) is 4.39 Å². The second-order valence-electron chi connectivity index (χ2n) is 5.27. The highest BCUT2D eigenvalue weighted by Crippen LogP contribution is 2.27. The van der Waals surface area contributed by atoms with Crippen LogP contribution in [0.25, 0.3) is 0 Å². The SMILES string of the molecule is Fc1ccc([C@H](CC[NH2+]Cc2cccs2)c2ccco2)cc1. The molecule has 2 heterocycles. The fourth-order valence-electron chi connectivity index (χ4n) is 2.62. The van der Waals surface area contributed by atoms with E-state index in [-0.39, 0.29) is 11.7 Å². The zero-order valence-electron chi connectivity index (χ0n) is 12.2. The average Bonchev–Trinajstić information content (AvgIpc) is 3.21. The molecule has 1 atom stereocenters. The molecular weight excluding hydrogens is 297 g/mol. The normalized spacial score (nSPS) is 12.4. The largest absolute Gasteiger partial charge is 0.469 e. The van der Waals surface area contributed by atoms with E-state index in [0.29, 0.717) is 0 Å². The van der Waals surface area contributed by atoms with E-state index in [0.717, 1.165) is 30.8 Å². The van der Waals surface area contributed by atoms with E-state index in [1.165, 1.54) is 17.0 Å². The summed E-state index contributed by atoms with van der Waals surface area (Å²) < 4.78 is 18.7. The van der Waals surface area contributed by atoms with Crippen molar-refractivity contribution in [1.82, 2.24) is 0 Å². The van der Waals surface area contributed by atoms with Crippen molar-refractivity contribution in [2.75, 3.05) is 6.54 Å². The molecule has 22 heavy (non-hydrogen) atoms. The first-order valence-corrected chi connectivity index (χ1v) is 8.34. The number of nitrogens with two attached hydrogens (primary N) is 1. The van der Waals surface area contributed by atoms with Crippen LogP contribution in [0.15, 0.2) is 64.6 Å². The standard InChI is InChI=1S/C18H18FNOS/c19-15-7-5-14(6-8-15)17(18-4-1-11-21-18)9-10-20-13-16-3-2-12-22-16/h1-8,11-12,17,20H,9-10,13H2/p+1/t17-/m0/s1. The fraction of sp³-hybridized carbons (Fsp3) is 0.222. The minimum Gasteiger partial charge on any atom is -0.469 e. The van der Waals surface area contributed by atoms with Gasteiger partial charge in [0, 0.05) is 12.3 Å². The Bertz CT molecular complexity index is 662. The predicted octanol–water partition coefficient (Wildman–Crippen LogP) is 3.77. The molecule has 4 heteroatoms. The molecule has 3 rings (SSSR count). The van der Waals surface area contributed by atoms with Gasteiger partial charge in [0.05, 0.1) is 17.7 Å². The molecule has 0 saturated heterocycles. The molecule has 0 spiro atoms. The Balaban J connectivity index is 1.63. The molecule has 2 nitrogen and oxygen atoms in total. The molecular formula is C18H19FNOS+. The smallest absolute Gasteiger partial charge is 0.123 e. The van der Waals surface area contributed by atoms with Gasteiger partial charge in [-0.2, -0.15) is 0 Å². The molecule has 0 unspecified atom stereocenters. The Hall–Kier alpha value is -1.91. The van der Waals surface area contributed by atoms with Crippen molar-refractivity contribution in [3.63, 3.8) is 0 Å². The first-order valence-electron chi connectivity index (χ1n) is 7.46. The minimum absolute atomic E-state index is 0.176. The van der Waals surface area contributed by atoms with Crippen LogP contribution >= 0.6 is 11.3 Å². The van der Waals surface area contributed by atoms with Crippen molar-refractivity contribution >= 4 is 11.3 Å². The van der Waals surface area contributed by atoms with Crippen molar-refractivity contribution in [3.8, 4) is 0 Å². The van der Waals surface area contributed by atoms with Crippen LogP contribution in [0.5, 0.6) is 0 Å². The predicted molar refractivity (Wildman–Crippen MR) is 86.4 cm³/mol. The van der Waals surface area contributed by atoms with Gasteiger partial charge < -0.3 is 9.73 Å². The van der Waals surface area contributed by atoms with E-state index in [1.807, 2.05) is 24.3 Å². The third-order valence-corrected chi connectivity index (χ3v) is 4.64. The maximum absolute atomic E-state index is 13.1. The summed E-state index contributed by atoms with van der Waals surface area (Å²) in [5.74, 6) is 0.914. The first kappa shape index (κ1) is 15.0. The van der Waals surface area contributed by atoms with Crippen LogP contribution in [-0.2, 0) is 6.54 Å². The lowest BCUT2D eigenvalue weighted by Crippen LogP contribution is -2.82. The number of hydrogen-bond donors (Lipinski definition) is 1. The molecule has 1 aromatic carbocycles. The Morgan fingerprint density at radius 2 is 1.95 bits per heavy atom. The van der Waals surface area contributed by atoms with Gasteiger partial charge in [0.2, 0.25) is 0 Å². The maximum Gasteiger partial charge on any atom is 0.123 e. The van der Waals surface area contributed by atoms with Gasteiger partial charge in [0.25, 0.3) is 0 Å². The molecule has 3 aromatic rings. The van der Waals surface area contributed by atoms with Crippen LogP contribution in [0.2, 0.25) is 0 Å². The fourth-order valence-corrected chi connectivity index (χ4v) is 3.32. The number of quaternary nitrogens is 1. The average molecular weight is 316 g/mol. The lowest BCUT2D eigenvalue weighted by Gasteiger charge is -2.14. The second-order valence-corrected chi connectivity index (χ2v) is 6.30. The van der Waals surface area contributed by atoms with E-state index in [1.54, 1.807) is 17.6 Å². The van der Waals surface area contributed by atoms with E-state index in [9.17, 15) is 4.39 Å². The van der Waals surface area contributed by atoms with Gasteiger partial charge in [-0.3, -0.25) is 0 Å². The van der Waals surface area contributed by atoms with Gasteiger partial charge in [-0.1, -0.05) is 18.2 Å². The van der Waals surface area contributed by atoms with Gasteiger partial charge in [-0.05, 0) is 41.3 Å². The van der Waals surface area contributed by atoms with Crippen LogP contribution in [0.3, 0.4) is 0 Å². The Kier molecular flexibility index (Phi) is 5.03. The van der Waals surface area contributed by atoms with Crippen molar-refractivity contribution in [2.24, 2.45) is 0 Å². The summed E-state index contributed by atoms with van der Waals surface area (Å²) in [5.41, 5.74) is 1.10. The summed E-state index contributed by atoms with van der Waals surface area (Å²) in [6.07, 6.45) is 2.66. The Labute approximate surface area is 133 Å². The first-order chi connectivity index (χ1) is 10.8. The number of halogens is 1. The van der Waals surface area contributed by atoms with Gasteiger partial charge in [-0.25, -0.2) is 4.39 Å². The number of furan rings is 1. The zero-order valence-corrected chi connectivity index (χ0v) is 13.1. The van der Waals surface area contributed by atoms with Crippen LogP contribution in [0.1, 0.15) is 28.5 Å². The minimum atomic E-state index is -0.203. The molecule has 0 aliphatic heterocycles. The summed E-state index contributed by atoms with van der Waals surface area (Å²) in [7, 11) is 0. The molecule has 2 aromatic heterocycles. The monoisotopic (exact) mass is 316 g/mol. The van der Waals surface area contributed by atoms with Gasteiger partial charge in [0.1, 0.15) is 18.1 Å². The topological polar surface area (TPSA) is 29.8 Å². The molecule has 0 fully saturated rings. The van der Waals surface area contributed by atoms with Crippen LogP contribution < -0.4 is 5.32 Å². The molecule has 0 aliphatic carbocycles. The summed E-state index contributed by atoms with van der Waals surface area (Å²) in [6, 6.07) is 14.9. The van der Waals surface area contributed by atoms with Crippen LogP contribution in [0, 0.1) is 5.82 Å². The zero-order chi connectivity index (χ0) is 15.2. The maximum atomic E-state index is 13.1. The quantitative estimate of drug-likeness (QED) is 0.661. The number of rotatable bonds is 7. The Morgan fingerprint density at radius 3 is 2.64 bits per heavy atom. The van der Waals surface area contributed by atoms with Gasteiger partial charge in [-0.15, -0.1) is 11.3 Å². The third-order valence-electron chi connectivity index (χ3n) is 3.74. The Morgan fingerprint density at radius 1 is 1.09 bits per heavy atom. The molecule has 2 N–H and O–H groups in total. The number of benzene rings is 1. The molecule has 114 valence electrons. The van der Waals surface area contributed by atoms with Gasteiger partial charge in [0.15, 0.2) is 0 Å². The summed E-state index contributed by atoms with van der Waals surface area (Å²) >= 11 is 1.79. The third kappa shape index (κ3) is 3.84. The summed E-state index contributed by atoms with van der Waals surface area (Å²) in [6.45, 7) is 2.01. The van der Waals surface area contributed by atoms with Crippen molar-refractivity contribution in [2.45, 2.75) is 18.9 Å². The number of hydrogen-bond acceptors (Lipinski definition) is 2. The number of thiophene rings is 1. The van der Waals surface area contributed by atoms with E-state index >= 15 is 0 Å². The summed E-state index contributed by atoms with van der Waals surface area (Å²) in [5, 5.41) is 4.42. The van der Waals surface area contributed by atoms with Crippen molar-refractivity contribution < 1.29 is 14.1 Å². The lowest BCUT2D eigenvalue weighted by molar-refractivity contribution is -0.670.